The van der Waals surface area contributed by atoms with E-state index >= 15 is 0 Å². The summed E-state index contributed by atoms with van der Waals surface area (Å²) < 4.78 is 24.3. The standard InChI is InChI=1S/C20H21FO4/c1-4-20(5-2,18(22)24-3)19(23)25-17-12-11-15(13-16(17)21)14-9-7-6-8-10-14/h6-13H,4-5H2,1-3H3. The van der Waals surface area contributed by atoms with Gasteiger partial charge in [0.2, 0.25) is 0 Å². The van der Waals surface area contributed by atoms with Crippen LogP contribution in [0.2, 0.25) is 0 Å². The van der Waals surface area contributed by atoms with Crippen LogP contribution >= 0.6 is 0 Å². The van der Waals surface area contributed by atoms with Gasteiger partial charge in [-0.1, -0.05) is 50.2 Å². The van der Waals surface area contributed by atoms with E-state index in [2.05, 4.69) is 0 Å². The quantitative estimate of drug-likeness (QED) is 0.443. The average molecular weight is 344 g/mol. The van der Waals surface area contributed by atoms with Crippen LogP contribution in [0, 0.1) is 11.2 Å². The zero-order chi connectivity index (χ0) is 18.4. The number of methoxy groups -OCH3 is 1. The molecule has 0 heterocycles. The highest BCUT2D eigenvalue weighted by Crippen LogP contribution is 2.32. The Hall–Kier alpha value is -2.69. The second kappa shape index (κ2) is 7.92. The summed E-state index contributed by atoms with van der Waals surface area (Å²) in [5, 5.41) is 0. The second-order valence-electron chi connectivity index (χ2n) is 5.68. The molecule has 0 aliphatic heterocycles. The zero-order valence-corrected chi connectivity index (χ0v) is 14.5. The minimum Gasteiger partial charge on any atom is -0.468 e. The van der Waals surface area contributed by atoms with E-state index in [0.29, 0.717) is 5.56 Å². The molecule has 4 nitrogen and oxygen atoms in total. The number of carbonyl (C=O) groups excluding carboxylic acids is 2. The third-order valence-corrected chi connectivity index (χ3v) is 4.42. The Bertz CT molecular complexity index is 752. The molecule has 0 amide bonds. The summed E-state index contributed by atoms with van der Waals surface area (Å²) in [6.07, 6.45) is 0.414. The summed E-state index contributed by atoms with van der Waals surface area (Å²) in [5.41, 5.74) is 0.0904. The topological polar surface area (TPSA) is 52.6 Å². The molecule has 0 unspecified atom stereocenters. The van der Waals surface area contributed by atoms with Crippen LogP contribution in [0.4, 0.5) is 4.39 Å². The molecule has 0 radical (unpaired) electrons. The van der Waals surface area contributed by atoms with Crippen molar-refractivity contribution in [3.8, 4) is 16.9 Å². The van der Waals surface area contributed by atoms with E-state index in [4.69, 9.17) is 9.47 Å². The van der Waals surface area contributed by atoms with Crippen molar-refractivity contribution in [1.29, 1.82) is 0 Å². The van der Waals surface area contributed by atoms with Crippen molar-refractivity contribution in [2.75, 3.05) is 7.11 Å². The Morgan fingerprint density at radius 1 is 0.960 bits per heavy atom. The van der Waals surface area contributed by atoms with Crippen LogP contribution in [-0.4, -0.2) is 19.0 Å². The van der Waals surface area contributed by atoms with E-state index in [1.54, 1.807) is 19.9 Å². The van der Waals surface area contributed by atoms with Gasteiger partial charge in [0.15, 0.2) is 17.0 Å². The lowest BCUT2D eigenvalue weighted by atomic mass is 9.82. The van der Waals surface area contributed by atoms with E-state index < -0.39 is 23.2 Å². The molecule has 0 saturated carbocycles. The van der Waals surface area contributed by atoms with Crippen molar-refractivity contribution in [2.45, 2.75) is 26.7 Å². The first-order valence-electron chi connectivity index (χ1n) is 8.14. The van der Waals surface area contributed by atoms with Crippen molar-refractivity contribution in [2.24, 2.45) is 5.41 Å². The fourth-order valence-electron chi connectivity index (χ4n) is 2.70. The van der Waals surface area contributed by atoms with Crippen molar-refractivity contribution in [3.63, 3.8) is 0 Å². The molecule has 0 saturated heterocycles. The van der Waals surface area contributed by atoms with Gasteiger partial charge < -0.3 is 9.47 Å². The molecule has 2 aromatic carbocycles. The molecular weight excluding hydrogens is 323 g/mol. The summed E-state index contributed by atoms with van der Waals surface area (Å²) in [5.74, 6) is -2.36. The summed E-state index contributed by atoms with van der Waals surface area (Å²) >= 11 is 0. The Balaban J connectivity index is 2.28. The lowest BCUT2D eigenvalue weighted by molar-refractivity contribution is -0.166. The number of ether oxygens (including phenoxy) is 2. The maximum absolute atomic E-state index is 14.4. The third-order valence-electron chi connectivity index (χ3n) is 4.42. The third kappa shape index (κ3) is 3.71. The van der Waals surface area contributed by atoms with Crippen LogP contribution in [-0.2, 0) is 14.3 Å². The Labute approximate surface area is 146 Å². The molecule has 2 aromatic rings. The number of benzene rings is 2. The second-order valence-corrected chi connectivity index (χ2v) is 5.68. The van der Waals surface area contributed by atoms with E-state index in [0.717, 1.165) is 5.56 Å². The van der Waals surface area contributed by atoms with Gasteiger partial charge in [0.1, 0.15) is 0 Å². The fourth-order valence-corrected chi connectivity index (χ4v) is 2.70. The van der Waals surface area contributed by atoms with Crippen LogP contribution in [0.15, 0.2) is 48.5 Å². The lowest BCUT2D eigenvalue weighted by Crippen LogP contribution is -2.42. The summed E-state index contributed by atoms with van der Waals surface area (Å²) in [6.45, 7) is 3.38. The lowest BCUT2D eigenvalue weighted by Gasteiger charge is -2.26. The van der Waals surface area contributed by atoms with Crippen molar-refractivity contribution >= 4 is 11.9 Å². The number of rotatable bonds is 6. The van der Waals surface area contributed by atoms with Gasteiger partial charge in [-0.15, -0.1) is 0 Å². The van der Waals surface area contributed by atoms with Crippen LogP contribution in [0.3, 0.4) is 0 Å². The van der Waals surface area contributed by atoms with Gasteiger partial charge in [-0.05, 0) is 36.1 Å². The van der Waals surface area contributed by atoms with Gasteiger partial charge in [0, 0.05) is 0 Å². The molecule has 0 aromatic heterocycles. The summed E-state index contributed by atoms with van der Waals surface area (Å²) in [6, 6.07) is 13.7. The molecule has 0 fully saturated rings. The number of esters is 2. The van der Waals surface area contributed by atoms with Gasteiger partial charge in [0.25, 0.3) is 0 Å². The normalized spacial score (nSPS) is 11.0. The molecule has 0 bridgehead atoms. The van der Waals surface area contributed by atoms with Gasteiger partial charge in [0.05, 0.1) is 7.11 Å². The Morgan fingerprint density at radius 2 is 1.60 bits per heavy atom. The maximum Gasteiger partial charge on any atom is 0.328 e. The van der Waals surface area contributed by atoms with Gasteiger partial charge in [-0.3, -0.25) is 9.59 Å². The minimum absolute atomic E-state index is 0.207. The Morgan fingerprint density at radius 3 is 2.12 bits per heavy atom. The van der Waals surface area contributed by atoms with E-state index in [9.17, 15) is 14.0 Å². The summed E-state index contributed by atoms with van der Waals surface area (Å²) in [7, 11) is 1.21. The summed E-state index contributed by atoms with van der Waals surface area (Å²) in [4.78, 5) is 24.5. The SMILES string of the molecule is CCC(CC)(C(=O)OC)C(=O)Oc1ccc(-c2ccccc2)cc1F. The van der Waals surface area contributed by atoms with Gasteiger partial charge in [-0.25, -0.2) is 4.39 Å². The van der Waals surface area contributed by atoms with Crippen LogP contribution in [0.1, 0.15) is 26.7 Å². The van der Waals surface area contributed by atoms with E-state index in [-0.39, 0.29) is 18.6 Å². The highest BCUT2D eigenvalue weighted by Gasteiger charge is 2.46. The monoisotopic (exact) mass is 344 g/mol. The zero-order valence-electron chi connectivity index (χ0n) is 14.5. The van der Waals surface area contributed by atoms with Crippen molar-refractivity contribution in [3.05, 3.63) is 54.3 Å². The number of hydrogen-bond donors (Lipinski definition) is 0. The average Bonchev–Trinajstić information content (AvgIpc) is 2.65. The first-order valence-corrected chi connectivity index (χ1v) is 8.14. The first kappa shape index (κ1) is 18.6. The maximum atomic E-state index is 14.4. The molecule has 0 aliphatic carbocycles. The van der Waals surface area contributed by atoms with Gasteiger partial charge >= 0.3 is 11.9 Å². The van der Waals surface area contributed by atoms with Gasteiger partial charge in [-0.2, -0.15) is 0 Å². The van der Waals surface area contributed by atoms with E-state index in [1.165, 1.54) is 19.2 Å². The van der Waals surface area contributed by atoms with Crippen LogP contribution in [0.25, 0.3) is 11.1 Å². The highest BCUT2D eigenvalue weighted by atomic mass is 19.1. The number of halogens is 1. The predicted octanol–water partition coefficient (Wildman–Crippen LogP) is 4.38. The molecule has 5 heteroatoms. The fraction of sp³-hybridized carbons (Fsp3) is 0.300. The van der Waals surface area contributed by atoms with Crippen LogP contribution in [0.5, 0.6) is 5.75 Å². The molecule has 132 valence electrons. The molecule has 0 spiro atoms. The highest BCUT2D eigenvalue weighted by molar-refractivity contribution is 6.00. The van der Waals surface area contributed by atoms with E-state index in [1.807, 2.05) is 30.3 Å². The van der Waals surface area contributed by atoms with Crippen molar-refractivity contribution in [1.82, 2.24) is 0 Å². The predicted molar refractivity (Wildman–Crippen MR) is 92.5 cm³/mol. The van der Waals surface area contributed by atoms with Crippen molar-refractivity contribution < 1.29 is 23.5 Å². The number of hydrogen-bond acceptors (Lipinski definition) is 4. The molecule has 2 rings (SSSR count). The largest absolute Gasteiger partial charge is 0.468 e. The smallest absolute Gasteiger partial charge is 0.328 e. The molecular formula is C20H21FO4. The Kier molecular flexibility index (Phi) is 5.91. The number of carbonyl (C=O) groups is 2. The molecule has 0 N–H and O–H groups in total. The molecule has 0 aliphatic rings. The minimum atomic E-state index is -1.43. The molecule has 25 heavy (non-hydrogen) atoms. The van der Waals surface area contributed by atoms with Crippen LogP contribution < -0.4 is 4.74 Å². The first-order chi connectivity index (χ1) is 12.0. The molecule has 0 atom stereocenters.